The smallest absolute Gasteiger partial charge is 0.323 e. The molecule has 1 aliphatic heterocycles. The number of carbonyl (C=O) groups is 2. The Morgan fingerprint density at radius 2 is 1.21 bits per heavy atom. The molecular formula is C44H40N2O5S2. The van der Waals surface area contributed by atoms with Crippen molar-refractivity contribution in [3.8, 4) is 0 Å². The molecule has 1 saturated heterocycles. The van der Waals surface area contributed by atoms with Crippen LogP contribution in [-0.2, 0) is 30.8 Å². The Balaban J connectivity index is 1.32. The average molecular weight is 741 g/mol. The zero-order valence-corrected chi connectivity index (χ0v) is 30.7. The molecule has 0 bridgehead atoms. The van der Waals surface area contributed by atoms with Crippen LogP contribution in [0.5, 0.6) is 0 Å². The normalized spacial score (nSPS) is 16.4. The number of sulfonamides is 1. The Morgan fingerprint density at radius 3 is 1.75 bits per heavy atom. The van der Waals surface area contributed by atoms with E-state index < -0.39 is 39.2 Å². The minimum Gasteiger partial charge on any atom is -0.480 e. The third-order valence-electron chi connectivity index (χ3n) is 9.87. The van der Waals surface area contributed by atoms with Gasteiger partial charge in [0.2, 0.25) is 15.9 Å². The monoisotopic (exact) mass is 740 g/mol. The lowest BCUT2D eigenvalue weighted by atomic mass is 9.84. The maximum absolute atomic E-state index is 14.8. The standard InChI is InChI=1S/C44H40N2O5S2/c47-42(48)32-45(28-27-33-15-5-1-6-16-33)43(49)41-30-39(31-46(41)53(50,51)40-26-25-34-17-13-14-18-35(34)29-40)52-44(36-19-7-2-8-20-36,37-21-9-3-10-22-37)38-23-11-4-12-24-38/h1-26,29,39,41H,27-28,30-32H2,(H,47,48). The van der Waals surface area contributed by atoms with Crippen molar-refractivity contribution in [1.29, 1.82) is 0 Å². The van der Waals surface area contributed by atoms with Gasteiger partial charge in [-0.05, 0) is 58.0 Å². The van der Waals surface area contributed by atoms with Gasteiger partial charge in [0.25, 0.3) is 0 Å². The molecule has 2 atom stereocenters. The number of fused-ring (bicyclic) bond motifs is 1. The predicted octanol–water partition coefficient (Wildman–Crippen LogP) is 7.85. The quantitative estimate of drug-likeness (QED) is 0.121. The minimum atomic E-state index is -4.21. The third kappa shape index (κ3) is 7.64. The molecule has 1 fully saturated rings. The Morgan fingerprint density at radius 1 is 0.698 bits per heavy atom. The molecule has 0 radical (unpaired) electrons. The second-order valence-corrected chi connectivity index (χ2v) is 16.6. The third-order valence-corrected chi connectivity index (χ3v) is 13.5. The van der Waals surface area contributed by atoms with Gasteiger partial charge in [0.15, 0.2) is 0 Å². The number of carbonyl (C=O) groups excluding carboxylic acids is 1. The van der Waals surface area contributed by atoms with E-state index in [1.807, 2.05) is 109 Å². The summed E-state index contributed by atoms with van der Waals surface area (Å²) < 4.78 is 30.1. The minimum absolute atomic E-state index is 0.0596. The first kappa shape index (κ1) is 36.2. The van der Waals surface area contributed by atoms with E-state index in [2.05, 4.69) is 36.4 Å². The molecule has 9 heteroatoms. The number of hydrogen-bond donors (Lipinski definition) is 1. The fourth-order valence-electron chi connectivity index (χ4n) is 7.33. The maximum atomic E-state index is 14.8. The van der Waals surface area contributed by atoms with Crippen molar-refractivity contribution < 1.29 is 23.1 Å². The molecule has 1 amide bonds. The van der Waals surface area contributed by atoms with Gasteiger partial charge in [-0.15, -0.1) is 11.8 Å². The van der Waals surface area contributed by atoms with E-state index in [1.165, 1.54) is 9.21 Å². The van der Waals surface area contributed by atoms with Crippen molar-refractivity contribution in [3.05, 3.63) is 186 Å². The summed E-state index contributed by atoms with van der Waals surface area (Å²) >= 11 is 1.64. The van der Waals surface area contributed by atoms with Gasteiger partial charge in [-0.3, -0.25) is 9.59 Å². The molecule has 53 heavy (non-hydrogen) atoms. The highest BCUT2D eigenvalue weighted by atomic mass is 32.2. The van der Waals surface area contributed by atoms with E-state index in [1.54, 1.807) is 30.0 Å². The molecule has 6 aromatic carbocycles. The van der Waals surface area contributed by atoms with Gasteiger partial charge in [-0.1, -0.05) is 152 Å². The summed E-state index contributed by atoms with van der Waals surface area (Å²) in [4.78, 5) is 28.2. The van der Waals surface area contributed by atoms with E-state index in [0.29, 0.717) is 6.42 Å². The average Bonchev–Trinajstić information content (AvgIpc) is 3.64. The van der Waals surface area contributed by atoms with Crippen molar-refractivity contribution in [3.63, 3.8) is 0 Å². The van der Waals surface area contributed by atoms with Gasteiger partial charge >= 0.3 is 5.97 Å². The molecule has 1 aliphatic rings. The van der Waals surface area contributed by atoms with Crippen molar-refractivity contribution in [2.45, 2.75) is 33.8 Å². The summed E-state index contributed by atoms with van der Waals surface area (Å²) in [5.74, 6) is -1.67. The molecule has 2 unspecified atom stereocenters. The molecule has 6 aromatic rings. The molecule has 0 spiro atoms. The number of benzene rings is 6. The highest BCUT2D eigenvalue weighted by Gasteiger charge is 2.49. The van der Waals surface area contributed by atoms with Gasteiger partial charge < -0.3 is 10.0 Å². The lowest BCUT2D eigenvalue weighted by molar-refractivity contribution is -0.145. The molecule has 0 aromatic heterocycles. The second-order valence-electron chi connectivity index (χ2n) is 13.2. The number of aliphatic carboxylic acids is 1. The highest BCUT2D eigenvalue weighted by Crippen LogP contribution is 2.52. The summed E-state index contributed by atoms with van der Waals surface area (Å²) in [7, 11) is -4.21. The highest BCUT2D eigenvalue weighted by molar-refractivity contribution is 8.01. The number of carboxylic acid groups (broad SMARTS) is 1. The largest absolute Gasteiger partial charge is 0.480 e. The molecule has 1 heterocycles. The fourth-order valence-corrected chi connectivity index (χ4v) is 10.9. The first-order valence-corrected chi connectivity index (χ1v) is 20.0. The fraction of sp³-hybridized carbons (Fsp3) is 0.182. The summed E-state index contributed by atoms with van der Waals surface area (Å²) in [6, 6.07) is 51.5. The van der Waals surface area contributed by atoms with Crippen LogP contribution < -0.4 is 0 Å². The Labute approximate surface area is 315 Å². The number of nitrogens with zero attached hydrogens (tertiary/aromatic N) is 2. The summed E-state index contributed by atoms with van der Waals surface area (Å²) in [5.41, 5.74) is 4.03. The zero-order valence-electron chi connectivity index (χ0n) is 29.1. The number of rotatable bonds is 13. The van der Waals surface area contributed by atoms with Crippen LogP contribution in [0, 0.1) is 0 Å². The van der Waals surface area contributed by atoms with Crippen LogP contribution >= 0.6 is 11.8 Å². The molecule has 0 saturated carbocycles. The summed E-state index contributed by atoms with van der Waals surface area (Å²) in [6.45, 7) is -0.342. The van der Waals surface area contributed by atoms with Crippen LogP contribution in [0.3, 0.4) is 0 Å². The van der Waals surface area contributed by atoms with E-state index in [0.717, 1.165) is 33.0 Å². The van der Waals surface area contributed by atoms with Gasteiger partial charge in [-0.25, -0.2) is 8.42 Å². The molecular weight excluding hydrogens is 701 g/mol. The van der Waals surface area contributed by atoms with Crippen LogP contribution in [0.15, 0.2) is 169 Å². The molecule has 0 aliphatic carbocycles. The first-order chi connectivity index (χ1) is 25.8. The van der Waals surface area contributed by atoms with Crippen LogP contribution in [0.25, 0.3) is 10.8 Å². The number of hydrogen-bond acceptors (Lipinski definition) is 5. The van der Waals surface area contributed by atoms with Crippen LogP contribution in [-0.4, -0.2) is 65.5 Å². The number of amides is 1. The first-order valence-electron chi connectivity index (χ1n) is 17.7. The van der Waals surface area contributed by atoms with Crippen molar-refractivity contribution >= 4 is 44.4 Å². The maximum Gasteiger partial charge on any atom is 0.323 e. The van der Waals surface area contributed by atoms with Crippen molar-refractivity contribution in [2.24, 2.45) is 0 Å². The second kappa shape index (κ2) is 15.8. The van der Waals surface area contributed by atoms with E-state index >= 15 is 0 Å². The van der Waals surface area contributed by atoms with Crippen LogP contribution in [0.2, 0.25) is 0 Å². The number of carboxylic acids is 1. The van der Waals surface area contributed by atoms with Gasteiger partial charge in [0, 0.05) is 18.3 Å². The molecule has 268 valence electrons. The van der Waals surface area contributed by atoms with Gasteiger partial charge in [0.1, 0.15) is 12.6 Å². The van der Waals surface area contributed by atoms with Crippen LogP contribution in [0.4, 0.5) is 0 Å². The number of thioether (sulfide) groups is 1. The van der Waals surface area contributed by atoms with Crippen LogP contribution in [0.1, 0.15) is 28.7 Å². The SMILES string of the molecule is O=C(O)CN(CCc1ccccc1)C(=O)C1CC(SC(c2ccccc2)(c2ccccc2)c2ccccc2)CN1S(=O)(=O)c1ccc2ccccc2c1. The lowest BCUT2D eigenvalue weighted by Crippen LogP contribution is -2.49. The summed E-state index contributed by atoms with van der Waals surface area (Å²) in [6.07, 6.45) is 0.632. The Kier molecular flexibility index (Phi) is 10.8. The van der Waals surface area contributed by atoms with E-state index in [4.69, 9.17) is 0 Å². The Bertz CT molecular complexity index is 2190. The zero-order chi connectivity index (χ0) is 36.8. The Hall–Kier alpha value is -5.22. The molecule has 7 nitrogen and oxygen atoms in total. The van der Waals surface area contributed by atoms with E-state index in [9.17, 15) is 23.1 Å². The van der Waals surface area contributed by atoms with Gasteiger partial charge in [-0.2, -0.15) is 4.31 Å². The van der Waals surface area contributed by atoms with Gasteiger partial charge in [0.05, 0.1) is 9.64 Å². The summed E-state index contributed by atoms with van der Waals surface area (Å²) in [5, 5.41) is 11.3. The molecule has 7 rings (SSSR count). The van der Waals surface area contributed by atoms with Crippen molar-refractivity contribution in [2.75, 3.05) is 19.6 Å². The predicted molar refractivity (Wildman–Crippen MR) is 211 cm³/mol. The molecule has 1 N–H and O–H groups in total. The van der Waals surface area contributed by atoms with E-state index in [-0.39, 0.29) is 29.7 Å². The topological polar surface area (TPSA) is 95.0 Å². The van der Waals surface area contributed by atoms with Crippen molar-refractivity contribution in [1.82, 2.24) is 9.21 Å². The lowest BCUT2D eigenvalue weighted by Gasteiger charge is -2.37.